The maximum absolute atomic E-state index is 4.32. The third kappa shape index (κ3) is 3.30. The van der Waals surface area contributed by atoms with Crippen LogP contribution in [0.4, 0.5) is 0 Å². The predicted molar refractivity (Wildman–Crippen MR) is 97.1 cm³/mol. The second-order valence-corrected chi connectivity index (χ2v) is 8.63. The van der Waals surface area contributed by atoms with Crippen LogP contribution in [-0.4, -0.2) is 0 Å². The summed E-state index contributed by atoms with van der Waals surface area (Å²) in [5.74, 6) is 1.33. The smallest absolute Gasteiger partial charge is 0.00902 e. The molecule has 0 amide bonds. The largest absolute Gasteiger partial charge is 0.0955 e. The lowest BCUT2D eigenvalue weighted by atomic mass is 9.64. The molecular formula is C16H20I2. The molecule has 18 heavy (non-hydrogen) atoms. The summed E-state index contributed by atoms with van der Waals surface area (Å²) in [7, 11) is 0. The van der Waals surface area contributed by atoms with E-state index in [1.165, 1.54) is 19.2 Å². The Morgan fingerprint density at radius 1 is 1.22 bits per heavy atom. The van der Waals surface area contributed by atoms with Crippen molar-refractivity contribution in [1.82, 2.24) is 0 Å². The number of fused-ring (bicyclic) bond motifs is 1. The highest BCUT2D eigenvalue weighted by Crippen LogP contribution is 2.48. The van der Waals surface area contributed by atoms with Crippen molar-refractivity contribution in [3.05, 3.63) is 43.6 Å². The van der Waals surface area contributed by atoms with E-state index in [1.807, 2.05) is 0 Å². The van der Waals surface area contributed by atoms with Crippen molar-refractivity contribution in [2.75, 3.05) is 0 Å². The monoisotopic (exact) mass is 466 g/mol. The van der Waals surface area contributed by atoms with Gasteiger partial charge in [0.15, 0.2) is 0 Å². The van der Waals surface area contributed by atoms with Gasteiger partial charge in [0.2, 0.25) is 0 Å². The first kappa shape index (κ1) is 14.8. The summed E-state index contributed by atoms with van der Waals surface area (Å²) in [5.41, 5.74) is 1.65. The van der Waals surface area contributed by atoms with Gasteiger partial charge >= 0.3 is 0 Å². The van der Waals surface area contributed by atoms with Crippen LogP contribution < -0.4 is 0 Å². The minimum Gasteiger partial charge on any atom is -0.0955 e. The maximum atomic E-state index is 4.32. The van der Waals surface area contributed by atoms with Crippen molar-refractivity contribution in [2.45, 2.75) is 33.1 Å². The second kappa shape index (κ2) is 5.81. The molecule has 0 aliphatic heterocycles. The molecule has 0 nitrogen and oxygen atoms in total. The molecule has 0 saturated carbocycles. The Morgan fingerprint density at radius 3 is 2.67 bits per heavy atom. The van der Waals surface area contributed by atoms with Gasteiger partial charge in [0.1, 0.15) is 0 Å². The average molecular weight is 466 g/mol. The summed E-state index contributed by atoms with van der Waals surface area (Å²) in [6.45, 7) is 9.15. The van der Waals surface area contributed by atoms with Crippen LogP contribution in [0.3, 0.4) is 0 Å². The molecule has 0 bridgehead atoms. The van der Waals surface area contributed by atoms with Crippen LogP contribution >= 0.6 is 45.2 Å². The van der Waals surface area contributed by atoms with Gasteiger partial charge in [0.25, 0.3) is 0 Å². The number of allylic oxidation sites excluding steroid dienone is 7. The van der Waals surface area contributed by atoms with Crippen LogP contribution in [0.5, 0.6) is 0 Å². The normalized spacial score (nSPS) is 36.3. The van der Waals surface area contributed by atoms with Crippen molar-refractivity contribution in [3.63, 3.8) is 0 Å². The molecular weight excluding hydrogens is 446 g/mol. The van der Waals surface area contributed by atoms with E-state index < -0.39 is 0 Å². The van der Waals surface area contributed by atoms with E-state index in [-0.39, 0.29) is 0 Å². The van der Waals surface area contributed by atoms with E-state index in [4.69, 9.17) is 0 Å². The lowest BCUT2D eigenvalue weighted by Crippen LogP contribution is -2.32. The topological polar surface area (TPSA) is 0 Å². The van der Waals surface area contributed by atoms with Gasteiger partial charge in [-0.2, -0.15) is 0 Å². The van der Waals surface area contributed by atoms with Crippen molar-refractivity contribution in [2.24, 2.45) is 17.3 Å². The molecule has 2 unspecified atom stereocenters. The minimum atomic E-state index is 0.348. The molecule has 2 rings (SSSR count). The molecule has 2 atom stereocenters. The third-order valence-corrected chi connectivity index (χ3v) is 5.93. The van der Waals surface area contributed by atoms with Gasteiger partial charge in [-0.15, -0.1) is 0 Å². The van der Waals surface area contributed by atoms with Crippen LogP contribution in [0.1, 0.15) is 33.1 Å². The second-order valence-electron chi connectivity index (χ2n) is 5.99. The zero-order valence-electron chi connectivity index (χ0n) is 11.0. The van der Waals surface area contributed by atoms with E-state index in [1.54, 1.807) is 0 Å². The molecule has 0 aromatic heterocycles. The highest BCUT2D eigenvalue weighted by molar-refractivity contribution is 14.1. The van der Waals surface area contributed by atoms with Crippen molar-refractivity contribution < 1.29 is 0 Å². The maximum Gasteiger partial charge on any atom is 0.00902 e. The van der Waals surface area contributed by atoms with Gasteiger partial charge in [-0.3, -0.25) is 0 Å². The Bertz CT molecular complexity index is 438. The van der Waals surface area contributed by atoms with Crippen LogP contribution in [0.2, 0.25) is 0 Å². The molecule has 0 spiro atoms. The molecule has 0 aromatic rings. The van der Waals surface area contributed by atoms with E-state index in [2.05, 4.69) is 89.9 Å². The number of hydrogen-bond donors (Lipinski definition) is 0. The summed E-state index contributed by atoms with van der Waals surface area (Å²) >= 11 is 4.92. The zero-order valence-corrected chi connectivity index (χ0v) is 15.4. The molecule has 0 N–H and O–H groups in total. The molecule has 2 heteroatoms. The third-order valence-electron chi connectivity index (χ3n) is 4.25. The summed E-state index contributed by atoms with van der Waals surface area (Å²) in [6.07, 6.45) is 12.7. The van der Waals surface area contributed by atoms with Gasteiger partial charge in [-0.25, -0.2) is 0 Å². The zero-order chi connectivity index (χ0) is 13.3. The standard InChI is InChI=1S/C16H20I2/c1-11-4-5-12(17)8-9-16(2,3)15-10-13(18)6-7-14(11)15/h4-6,8,14-15H,1,7,9-10H2,2-3H3/b5-4-,12-8+. The summed E-state index contributed by atoms with van der Waals surface area (Å²) in [6, 6.07) is 0. The van der Waals surface area contributed by atoms with Crippen LogP contribution in [0.15, 0.2) is 43.6 Å². The Kier molecular flexibility index (Phi) is 4.79. The highest BCUT2D eigenvalue weighted by Gasteiger charge is 2.37. The molecule has 2 aliphatic rings. The van der Waals surface area contributed by atoms with Crippen LogP contribution in [0.25, 0.3) is 0 Å². The fourth-order valence-electron chi connectivity index (χ4n) is 2.98. The fourth-order valence-corrected chi connectivity index (χ4v) is 4.10. The van der Waals surface area contributed by atoms with Gasteiger partial charge in [0, 0.05) is 3.58 Å². The first-order valence-corrected chi connectivity index (χ1v) is 8.63. The number of hydrogen-bond acceptors (Lipinski definition) is 0. The van der Waals surface area contributed by atoms with Crippen molar-refractivity contribution >= 4 is 45.2 Å². The summed E-state index contributed by atoms with van der Waals surface area (Å²) < 4.78 is 2.86. The predicted octanol–water partition coefficient (Wildman–Crippen LogP) is 6.19. The minimum absolute atomic E-state index is 0.348. The lowest BCUT2D eigenvalue weighted by Gasteiger charge is -2.41. The summed E-state index contributed by atoms with van der Waals surface area (Å²) in [4.78, 5) is 0. The van der Waals surface area contributed by atoms with Crippen LogP contribution in [0, 0.1) is 17.3 Å². The van der Waals surface area contributed by atoms with Gasteiger partial charge < -0.3 is 0 Å². The van der Waals surface area contributed by atoms with E-state index in [0.717, 1.165) is 12.8 Å². The highest BCUT2D eigenvalue weighted by atomic mass is 127. The van der Waals surface area contributed by atoms with E-state index in [0.29, 0.717) is 17.3 Å². The molecule has 0 saturated heterocycles. The molecule has 0 radical (unpaired) electrons. The Morgan fingerprint density at radius 2 is 1.94 bits per heavy atom. The first-order chi connectivity index (χ1) is 8.40. The fraction of sp³-hybridized carbons (Fsp3) is 0.500. The Labute approximate surface area is 138 Å². The summed E-state index contributed by atoms with van der Waals surface area (Å²) in [5, 5.41) is 0. The Hall–Kier alpha value is 0.420. The van der Waals surface area contributed by atoms with Crippen LogP contribution in [-0.2, 0) is 0 Å². The average Bonchev–Trinajstić information content (AvgIpc) is 2.36. The van der Waals surface area contributed by atoms with Crippen molar-refractivity contribution in [1.29, 1.82) is 0 Å². The molecule has 98 valence electrons. The molecule has 2 aliphatic carbocycles. The van der Waals surface area contributed by atoms with Gasteiger partial charge in [-0.05, 0) is 91.4 Å². The van der Waals surface area contributed by atoms with Gasteiger partial charge in [0.05, 0.1) is 0 Å². The lowest BCUT2D eigenvalue weighted by molar-refractivity contribution is 0.156. The quantitative estimate of drug-likeness (QED) is 0.374. The molecule has 0 aromatic carbocycles. The number of rotatable bonds is 0. The first-order valence-electron chi connectivity index (χ1n) is 6.47. The molecule has 0 fully saturated rings. The SMILES string of the molecule is C=C1/C=C\C(I)=C/CC(C)(C)C2CC(I)=CCC12. The molecule has 0 heterocycles. The van der Waals surface area contributed by atoms with Gasteiger partial charge in [-0.1, -0.05) is 44.2 Å². The Balaban J connectivity index is 2.39. The van der Waals surface area contributed by atoms with E-state index >= 15 is 0 Å². The van der Waals surface area contributed by atoms with Crippen molar-refractivity contribution in [3.8, 4) is 0 Å². The van der Waals surface area contributed by atoms with E-state index in [9.17, 15) is 0 Å². The number of halogens is 2.